The highest BCUT2D eigenvalue weighted by Crippen LogP contribution is 2.40. The fourth-order valence-electron chi connectivity index (χ4n) is 2.92. The maximum absolute atomic E-state index is 13.3. The number of ether oxygens (including phenoxy) is 1. The molecule has 0 bridgehead atoms. The van der Waals surface area contributed by atoms with Crippen molar-refractivity contribution in [3.05, 3.63) is 70.3 Å². The Kier molecular flexibility index (Phi) is 4.29. The van der Waals surface area contributed by atoms with Gasteiger partial charge in [-0.2, -0.15) is 13.2 Å². The standard InChI is InChI=1S/C19H15F3O3/c1-11-7-13(9-12-5-3-2-4-6-12)16-14(8-11)10-15(18(23)24)17(25-16)19(20,21)22/h2-8,10,17H,9H2,1H3,(H,23,24). The van der Waals surface area contributed by atoms with Gasteiger partial charge >= 0.3 is 12.1 Å². The first-order valence-corrected chi connectivity index (χ1v) is 7.61. The molecule has 3 nitrogen and oxygen atoms in total. The Hall–Kier alpha value is -2.76. The van der Waals surface area contributed by atoms with E-state index < -0.39 is 23.8 Å². The van der Waals surface area contributed by atoms with Crippen LogP contribution in [0.1, 0.15) is 22.3 Å². The number of carboxylic acids is 1. The Labute approximate surface area is 142 Å². The molecule has 1 aliphatic heterocycles. The molecule has 1 atom stereocenters. The molecule has 0 radical (unpaired) electrons. The first-order valence-electron chi connectivity index (χ1n) is 7.61. The second kappa shape index (κ2) is 6.27. The molecule has 0 aliphatic carbocycles. The van der Waals surface area contributed by atoms with Crippen molar-refractivity contribution in [2.45, 2.75) is 25.6 Å². The molecule has 0 amide bonds. The van der Waals surface area contributed by atoms with E-state index in [4.69, 9.17) is 9.84 Å². The molecule has 1 heterocycles. The van der Waals surface area contributed by atoms with Gasteiger partial charge in [-0.25, -0.2) is 4.79 Å². The number of alkyl halides is 3. The van der Waals surface area contributed by atoms with E-state index in [9.17, 15) is 18.0 Å². The van der Waals surface area contributed by atoms with Gasteiger partial charge in [-0.05, 0) is 35.8 Å². The number of benzene rings is 2. The van der Waals surface area contributed by atoms with Gasteiger partial charge in [-0.3, -0.25) is 0 Å². The van der Waals surface area contributed by atoms with Crippen LogP contribution in [0, 0.1) is 6.92 Å². The lowest BCUT2D eigenvalue weighted by atomic mass is 9.94. The SMILES string of the molecule is Cc1cc2c(c(Cc3ccccc3)c1)OC(C(F)(F)F)C(C(=O)O)=C2. The minimum absolute atomic E-state index is 0.0850. The third kappa shape index (κ3) is 3.52. The predicted molar refractivity (Wildman–Crippen MR) is 86.5 cm³/mol. The van der Waals surface area contributed by atoms with Gasteiger partial charge in [0.2, 0.25) is 6.10 Å². The Bertz CT molecular complexity index is 839. The zero-order valence-electron chi connectivity index (χ0n) is 13.3. The average Bonchev–Trinajstić information content (AvgIpc) is 2.53. The predicted octanol–water partition coefficient (Wildman–Crippen LogP) is 4.38. The molecule has 2 aromatic rings. The molecule has 1 unspecified atom stereocenters. The second-order valence-electron chi connectivity index (χ2n) is 5.95. The maximum atomic E-state index is 13.3. The number of aliphatic carboxylic acids is 1. The molecule has 0 spiro atoms. The van der Waals surface area contributed by atoms with Gasteiger partial charge in [0.1, 0.15) is 5.75 Å². The van der Waals surface area contributed by atoms with E-state index in [-0.39, 0.29) is 5.75 Å². The number of aryl methyl sites for hydroxylation is 1. The fourth-order valence-corrected chi connectivity index (χ4v) is 2.92. The van der Waals surface area contributed by atoms with Crippen molar-refractivity contribution in [3.8, 4) is 5.75 Å². The summed E-state index contributed by atoms with van der Waals surface area (Å²) in [6, 6.07) is 12.7. The van der Waals surface area contributed by atoms with Crippen LogP contribution < -0.4 is 4.74 Å². The Balaban J connectivity index is 2.10. The first kappa shape index (κ1) is 17.1. The summed E-state index contributed by atoms with van der Waals surface area (Å²) in [6.45, 7) is 1.80. The molecule has 3 rings (SSSR count). The van der Waals surface area contributed by atoms with Crippen molar-refractivity contribution >= 4 is 12.0 Å². The summed E-state index contributed by atoms with van der Waals surface area (Å²) in [5.41, 5.74) is 1.88. The largest absolute Gasteiger partial charge is 0.478 e. The average molecular weight is 348 g/mol. The molecule has 25 heavy (non-hydrogen) atoms. The van der Waals surface area contributed by atoms with Crippen LogP contribution in [-0.2, 0) is 11.2 Å². The quantitative estimate of drug-likeness (QED) is 0.896. The number of carboxylic acid groups (broad SMARTS) is 1. The van der Waals surface area contributed by atoms with Gasteiger partial charge in [0.05, 0.1) is 5.57 Å². The van der Waals surface area contributed by atoms with Gasteiger partial charge < -0.3 is 9.84 Å². The van der Waals surface area contributed by atoms with Crippen LogP contribution in [0.25, 0.3) is 6.08 Å². The Morgan fingerprint density at radius 2 is 1.88 bits per heavy atom. The summed E-state index contributed by atoms with van der Waals surface area (Å²) in [5.74, 6) is -1.55. The third-order valence-corrected chi connectivity index (χ3v) is 3.95. The smallest absolute Gasteiger partial charge is 0.430 e. The van der Waals surface area contributed by atoms with Crippen molar-refractivity contribution in [1.82, 2.24) is 0 Å². The molecule has 1 N–H and O–H groups in total. The molecule has 0 fully saturated rings. The maximum Gasteiger partial charge on any atom is 0.430 e. The Morgan fingerprint density at radius 3 is 2.48 bits per heavy atom. The van der Waals surface area contributed by atoms with Gasteiger partial charge in [-0.15, -0.1) is 0 Å². The van der Waals surface area contributed by atoms with E-state index in [2.05, 4.69) is 0 Å². The number of hydrogen-bond acceptors (Lipinski definition) is 2. The van der Waals surface area contributed by atoms with Gasteiger partial charge in [0.15, 0.2) is 0 Å². The van der Waals surface area contributed by atoms with Crippen molar-refractivity contribution in [3.63, 3.8) is 0 Å². The van der Waals surface area contributed by atoms with E-state index in [1.54, 1.807) is 19.1 Å². The topological polar surface area (TPSA) is 46.5 Å². The lowest BCUT2D eigenvalue weighted by molar-refractivity contribution is -0.187. The van der Waals surface area contributed by atoms with E-state index in [0.29, 0.717) is 17.5 Å². The van der Waals surface area contributed by atoms with Crippen LogP contribution in [0.3, 0.4) is 0 Å². The molecule has 130 valence electrons. The molecular formula is C19H15F3O3. The number of hydrogen-bond donors (Lipinski definition) is 1. The summed E-state index contributed by atoms with van der Waals surface area (Å²) in [6.07, 6.45) is -5.83. The van der Waals surface area contributed by atoms with Crippen molar-refractivity contribution in [2.24, 2.45) is 0 Å². The van der Waals surface area contributed by atoms with Gasteiger partial charge in [0.25, 0.3) is 0 Å². The van der Waals surface area contributed by atoms with E-state index >= 15 is 0 Å². The highest BCUT2D eigenvalue weighted by molar-refractivity contribution is 5.95. The van der Waals surface area contributed by atoms with Crippen LogP contribution in [-0.4, -0.2) is 23.4 Å². The van der Waals surface area contributed by atoms with E-state index in [0.717, 1.165) is 17.2 Å². The number of rotatable bonds is 3. The van der Waals surface area contributed by atoms with Gasteiger partial charge in [-0.1, -0.05) is 36.4 Å². The zero-order valence-corrected chi connectivity index (χ0v) is 13.3. The summed E-state index contributed by atoms with van der Waals surface area (Å²) >= 11 is 0. The summed E-state index contributed by atoms with van der Waals surface area (Å²) in [4.78, 5) is 11.2. The monoisotopic (exact) mass is 348 g/mol. The lowest BCUT2D eigenvalue weighted by Crippen LogP contribution is -2.40. The number of fused-ring (bicyclic) bond motifs is 1. The van der Waals surface area contributed by atoms with Crippen LogP contribution in [0.4, 0.5) is 13.2 Å². The van der Waals surface area contributed by atoms with Crippen molar-refractivity contribution < 1.29 is 27.8 Å². The van der Waals surface area contributed by atoms with Crippen molar-refractivity contribution in [1.29, 1.82) is 0 Å². The molecule has 6 heteroatoms. The highest BCUT2D eigenvalue weighted by atomic mass is 19.4. The molecule has 0 aromatic heterocycles. The minimum atomic E-state index is -4.81. The highest BCUT2D eigenvalue weighted by Gasteiger charge is 2.48. The van der Waals surface area contributed by atoms with E-state index in [1.165, 1.54) is 0 Å². The molecule has 1 aliphatic rings. The van der Waals surface area contributed by atoms with Crippen LogP contribution in [0.5, 0.6) is 5.75 Å². The molecule has 0 saturated carbocycles. The normalized spacial score (nSPS) is 16.6. The van der Waals surface area contributed by atoms with Gasteiger partial charge in [0, 0.05) is 12.0 Å². The van der Waals surface area contributed by atoms with E-state index in [1.807, 2.05) is 30.3 Å². The second-order valence-corrected chi connectivity index (χ2v) is 5.95. The third-order valence-electron chi connectivity index (χ3n) is 3.95. The molecular weight excluding hydrogens is 333 g/mol. The van der Waals surface area contributed by atoms with Crippen molar-refractivity contribution in [2.75, 3.05) is 0 Å². The Morgan fingerprint density at radius 1 is 1.20 bits per heavy atom. The minimum Gasteiger partial charge on any atom is -0.478 e. The number of halogens is 3. The lowest BCUT2D eigenvalue weighted by Gasteiger charge is -2.29. The zero-order chi connectivity index (χ0) is 18.2. The summed E-state index contributed by atoms with van der Waals surface area (Å²) in [7, 11) is 0. The molecule has 0 saturated heterocycles. The summed E-state index contributed by atoms with van der Waals surface area (Å²) in [5, 5.41) is 9.12. The van der Waals surface area contributed by atoms with Crippen LogP contribution >= 0.6 is 0 Å². The van der Waals surface area contributed by atoms with Crippen LogP contribution in [0.2, 0.25) is 0 Å². The first-order chi connectivity index (χ1) is 11.8. The number of carbonyl (C=O) groups is 1. The van der Waals surface area contributed by atoms with Crippen LogP contribution in [0.15, 0.2) is 48.0 Å². The molecule has 2 aromatic carbocycles. The fraction of sp³-hybridized carbons (Fsp3) is 0.211. The summed E-state index contributed by atoms with van der Waals surface area (Å²) < 4.78 is 44.9.